The second-order valence-corrected chi connectivity index (χ2v) is 4.97. The third-order valence-electron chi connectivity index (χ3n) is 3.34. The van der Waals surface area contributed by atoms with E-state index in [1.807, 2.05) is 61.5 Å². The molecular formula is C18H17N3O. The van der Waals surface area contributed by atoms with Gasteiger partial charge in [0.1, 0.15) is 5.75 Å². The zero-order valence-electron chi connectivity index (χ0n) is 12.6. The number of pyridine rings is 1. The molecule has 3 rings (SSSR count). The number of ether oxygens (including phenoxy) is 1. The molecule has 4 heteroatoms. The van der Waals surface area contributed by atoms with Crippen molar-refractivity contribution in [2.24, 2.45) is 5.10 Å². The number of aryl methyl sites for hydroxylation is 1. The van der Waals surface area contributed by atoms with Gasteiger partial charge in [-0.2, -0.15) is 5.10 Å². The number of nitrogens with one attached hydrogen (secondary N) is 1. The van der Waals surface area contributed by atoms with Crippen LogP contribution in [0.2, 0.25) is 0 Å². The molecule has 0 unspecified atom stereocenters. The average Bonchev–Trinajstić information content (AvgIpc) is 2.55. The van der Waals surface area contributed by atoms with Gasteiger partial charge in [-0.1, -0.05) is 30.3 Å². The number of hydrogen-bond acceptors (Lipinski definition) is 4. The highest BCUT2D eigenvalue weighted by Crippen LogP contribution is 2.22. The number of methoxy groups -OCH3 is 1. The second-order valence-electron chi connectivity index (χ2n) is 4.97. The lowest BCUT2D eigenvalue weighted by atomic mass is 10.1. The molecule has 3 aromatic rings. The fourth-order valence-corrected chi connectivity index (χ4v) is 2.30. The molecule has 0 amide bonds. The number of hydrazone groups is 1. The van der Waals surface area contributed by atoms with Gasteiger partial charge in [0.15, 0.2) is 0 Å². The molecule has 1 aromatic heterocycles. The van der Waals surface area contributed by atoms with E-state index in [4.69, 9.17) is 4.74 Å². The number of hydrogen-bond donors (Lipinski definition) is 1. The van der Waals surface area contributed by atoms with Crippen LogP contribution in [-0.2, 0) is 0 Å². The van der Waals surface area contributed by atoms with Crippen LogP contribution in [0.25, 0.3) is 10.9 Å². The van der Waals surface area contributed by atoms with E-state index in [0.29, 0.717) is 0 Å². The van der Waals surface area contributed by atoms with Gasteiger partial charge in [0.2, 0.25) is 0 Å². The molecule has 110 valence electrons. The molecular weight excluding hydrogens is 274 g/mol. The van der Waals surface area contributed by atoms with Crippen molar-refractivity contribution in [1.82, 2.24) is 4.98 Å². The molecule has 0 aliphatic heterocycles. The summed E-state index contributed by atoms with van der Waals surface area (Å²) in [5.74, 6) is 0.814. The van der Waals surface area contributed by atoms with Crippen LogP contribution in [0.1, 0.15) is 11.3 Å². The van der Waals surface area contributed by atoms with Crippen molar-refractivity contribution in [2.75, 3.05) is 12.5 Å². The average molecular weight is 291 g/mol. The Morgan fingerprint density at radius 1 is 1.09 bits per heavy atom. The van der Waals surface area contributed by atoms with E-state index < -0.39 is 0 Å². The monoisotopic (exact) mass is 291 g/mol. The van der Waals surface area contributed by atoms with Gasteiger partial charge in [-0.3, -0.25) is 10.4 Å². The van der Waals surface area contributed by atoms with E-state index in [0.717, 1.165) is 33.6 Å². The van der Waals surface area contributed by atoms with E-state index in [-0.39, 0.29) is 0 Å². The summed E-state index contributed by atoms with van der Waals surface area (Å²) in [6.07, 6.45) is 1.77. The summed E-state index contributed by atoms with van der Waals surface area (Å²) >= 11 is 0. The van der Waals surface area contributed by atoms with Gasteiger partial charge in [-0.25, -0.2) is 0 Å². The molecule has 22 heavy (non-hydrogen) atoms. The van der Waals surface area contributed by atoms with E-state index in [2.05, 4.69) is 15.5 Å². The Labute approximate surface area is 129 Å². The van der Waals surface area contributed by atoms with Gasteiger partial charge >= 0.3 is 0 Å². The van der Waals surface area contributed by atoms with Crippen molar-refractivity contribution in [3.8, 4) is 5.75 Å². The molecule has 0 aliphatic rings. The van der Waals surface area contributed by atoms with E-state index in [1.54, 1.807) is 13.3 Å². The largest absolute Gasteiger partial charge is 0.497 e. The van der Waals surface area contributed by atoms with E-state index in [9.17, 15) is 0 Å². The number of aromatic nitrogens is 1. The molecule has 0 saturated heterocycles. The fraction of sp³-hybridized carbons (Fsp3) is 0.111. The summed E-state index contributed by atoms with van der Waals surface area (Å²) in [4.78, 5) is 4.52. The van der Waals surface area contributed by atoms with Gasteiger partial charge in [-0.15, -0.1) is 0 Å². The minimum atomic E-state index is 0.814. The first-order valence-corrected chi connectivity index (χ1v) is 7.06. The summed E-state index contributed by atoms with van der Waals surface area (Å²) in [5, 5.41) is 5.37. The van der Waals surface area contributed by atoms with Crippen LogP contribution in [-0.4, -0.2) is 18.3 Å². The van der Waals surface area contributed by atoms with Gasteiger partial charge in [0.25, 0.3) is 0 Å². The van der Waals surface area contributed by atoms with E-state index >= 15 is 0 Å². The van der Waals surface area contributed by atoms with Crippen molar-refractivity contribution in [2.45, 2.75) is 6.92 Å². The highest BCUT2D eigenvalue weighted by atomic mass is 16.5. The second kappa shape index (κ2) is 6.26. The topological polar surface area (TPSA) is 46.5 Å². The molecule has 0 aliphatic carbocycles. The van der Waals surface area contributed by atoms with Crippen molar-refractivity contribution in [3.05, 3.63) is 65.9 Å². The number of para-hydroxylation sites is 1. The van der Waals surface area contributed by atoms with Crippen LogP contribution >= 0.6 is 0 Å². The quantitative estimate of drug-likeness (QED) is 0.584. The third kappa shape index (κ3) is 3.06. The Balaban J connectivity index is 1.85. The number of anilines is 1. The highest BCUT2D eigenvalue weighted by molar-refractivity contribution is 5.92. The van der Waals surface area contributed by atoms with Gasteiger partial charge in [-0.05, 0) is 36.8 Å². The van der Waals surface area contributed by atoms with E-state index in [1.165, 1.54) is 0 Å². The van der Waals surface area contributed by atoms with Crippen LogP contribution < -0.4 is 10.2 Å². The minimum Gasteiger partial charge on any atom is -0.497 e. The molecule has 0 bridgehead atoms. The summed E-state index contributed by atoms with van der Waals surface area (Å²) in [5.41, 5.74) is 6.94. The number of fused-ring (bicyclic) bond motifs is 1. The summed E-state index contributed by atoms with van der Waals surface area (Å²) < 4.78 is 5.20. The fourth-order valence-electron chi connectivity index (χ4n) is 2.30. The van der Waals surface area contributed by atoms with Crippen LogP contribution in [0.15, 0.2) is 59.7 Å². The Bertz CT molecular complexity index is 827. The smallest absolute Gasteiger partial charge is 0.119 e. The Hall–Kier alpha value is -2.88. The van der Waals surface area contributed by atoms with Crippen molar-refractivity contribution < 1.29 is 4.74 Å². The van der Waals surface area contributed by atoms with Gasteiger partial charge in [0, 0.05) is 11.1 Å². The maximum atomic E-state index is 5.20. The summed E-state index contributed by atoms with van der Waals surface area (Å²) in [7, 11) is 1.65. The maximum Gasteiger partial charge on any atom is 0.119 e. The molecule has 4 nitrogen and oxygen atoms in total. The minimum absolute atomic E-state index is 0.814. The predicted molar refractivity (Wildman–Crippen MR) is 90.7 cm³/mol. The molecule has 0 atom stereocenters. The Morgan fingerprint density at radius 2 is 1.95 bits per heavy atom. The molecule has 1 N–H and O–H groups in total. The standard InChI is InChI=1S/C18H17N3O/c1-13-10-18(16-8-3-4-9-17(16)20-13)21-19-12-14-6-5-7-15(11-14)22-2/h3-12H,1-2H3,(H,20,21)/b19-12-. The molecule has 0 radical (unpaired) electrons. The highest BCUT2D eigenvalue weighted by Gasteiger charge is 2.02. The van der Waals surface area contributed by atoms with Crippen LogP contribution in [0, 0.1) is 6.92 Å². The SMILES string of the molecule is COc1cccc(/C=N\Nc2cc(C)nc3ccccc23)c1. The number of nitrogens with zero attached hydrogens (tertiary/aromatic N) is 2. The molecule has 0 fully saturated rings. The lowest BCUT2D eigenvalue weighted by Gasteiger charge is -2.07. The Kier molecular flexibility index (Phi) is 4.01. The zero-order chi connectivity index (χ0) is 15.4. The summed E-state index contributed by atoms with van der Waals surface area (Å²) in [6.45, 7) is 1.98. The maximum absolute atomic E-state index is 5.20. The third-order valence-corrected chi connectivity index (χ3v) is 3.34. The first-order valence-electron chi connectivity index (χ1n) is 7.06. The van der Waals surface area contributed by atoms with Gasteiger partial charge in [0.05, 0.1) is 24.5 Å². The first kappa shape index (κ1) is 14.1. The summed E-state index contributed by atoms with van der Waals surface area (Å²) in [6, 6.07) is 17.8. The van der Waals surface area contributed by atoms with Crippen molar-refractivity contribution >= 4 is 22.8 Å². The lowest BCUT2D eigenvalue weighted by Crippen LogP contribution is -1.95. The molecule has 1 heterocycles. The normalized spacial score (nSPS) is 11.0. The molecule has 0 saturated carbocycles. The molecule has 2 aromatic carbocycles. The number of rotatable bonds is 4. The van der Waals surface area contributed by atoms with Crippen LogP contribution in [0.4, 0.5) is 5.69 Å². The van der Waals surface area contributed by atoms with Gasteiger partial charge < -0.3 is 4.74 Å². The first-order chi connectivity index (χ1) is 10.8. The Morgan fingerprint density at radius 3 is 2.82 bits per heavy atom. The van der Waals surface area contributed by atoms with Crippen LogP contribution in [0.5, 0.6) is 5.75 Å². The number of benzene rings is 2. The van der Waals surface area contributed by atoms with Crippen molar-refractivity contribution in [1.29, 1.82) is 0 Å². The van der Waals surface area contributed by atoms with Crippen LogP contribution in [0.3, 0.4) is 0 Å². The van der Waals surface area contributed by atoms with Crippen molar-refractivity contribution in [3.63, 3.8) is 0 Å². The zero-order valence-corrected chi connectivity index (χ0v) is 12.6. The lowest BCUT2D eigenvalue weighted by molar-refractivity contribution is 0.415. The predicted octanol–water partition coefficient (Wildman–Crippen LogP) is 4.00. The molecule has 0 spiro atoms.